The van der Waals surface area contributed by atoms with E-state index >= 15 is 0 Å². The molecule has 0 aliphatic carbocycles. The topological polar surface area (TPSA) is 108 Å². The first-order valence-electron chi connectivity index (χ1n) is 12.2. The van der Waals surface area contributed by atoms with Gasteiger partial charge in [0, 0.05) is 17.9 Å². The zero-order chi connectivity index (χ0) is 24.5. The summed E-state index contributed by atoms with van der Waals surface area (Å²) in [6.07, 6.45) is 2.22. The number of fused-ring (bicyclic) bond motifs is 1. The maximum absolute atomic E-state index is 13.8. The van der Waals surface area contributed by atoms with Gasteiger partial charge in [-0.25, -0.2) is 0 Å². The highest BCUT2D eigenvalue weighted by Crippen LogP contribution is 2.60. The molecule has 0 aromatic heterocycles. The molecule has 34 heavy (non-hydrogen) atoms. The molecule has 3 saturated heterocycles. The van der Waals surface area contributed by atoms with Crippen LogP contribution in [0.1, 0.15) is 45.1 Å². The number of aliphatic hydroxyl groups is 1. The van der Waals surface area contributed by atoms with Crippen molar-refractivity contribution < 1.29 is 24.2 Å². The van der Waals surface area contributed by atoms with Crippen LogP contribution in [0.5, 0.6) is 0 Å². The second kappa shape index (κ2) is 10.3. The molecule has 3 fully saturated rings. The van der Waals surface area contributed by atoms with Crippen molar-refractivity contribution in [2.24, 2.45) is 11.8 Å². The molecule has 1 aromatic carbocycles. The molecule has 0 radical (unpaired) electrons. The zero-order valence-electron chi connectivity index (χ0n) is 19.7. The number of hydrogen-bond acceptors (Lipinski definition) is 5. The van der Waals surface area contributed by atoms with Gasteiger partial charge in [-0.3, -0.25) is 14.4 Å². The van der Waals surface area contributed by atoms with E-state index in [9.17, 15) is 19.5 Å². The van der Waals surface area contributed by atoms with Gasteiger partial charge >= 0.3 is 0 Å². The van der Waals surface area contributed by atoms with E-state index in [1.165, 1.54) is 4.90 Å². The summed E-state index contributed by atoms with van der Waals surface area (Å²) in [5.74, 6) is -2.27. The minimum atomic E-state index is -1.09. The van der Waals surface area contributed by atoms with Crippen LogP contribution in [-0.4, -0.2) is 69.5 Å². The highest BCUT2D eigenvalue weighted by molar-refractivity contribution is 9.09. The normalized spacial score (nSPS) is 32.5. The van der Waals surface area contributed by atoms with E-state index in [0.717, 1.165) is 18.4 Å². The maximum atomic E-state index is 13.8. The number of aliphatic hydroxyl groups excluding tert-OH is 1. The van der Waals surface area contributed by atoms with Crippen LogP contribution in [-0.2, 0) is 25.7 Å². The third kappa shape index (κ3) is 4.16. The van der Waals surface area contributed by atoms with Gasteiger partial charge in [0.1, 0.15) is 11.6 Å². The number of alkyl halides is 1. The third-order valence-electron chi connectivity index (χ3n) is 7.49. The quantitative estimate of drug-likeness (QED) is 0.312. The summed E-state index contributed by atoms with van der Waals surface area (Å²) in [6.45, 7) is 4.52. The van der Waals surface area contributed by atoms with Crippen LogP contribution < -0.4 is 10.6 Å². The molecule has 3 heterocycles. The molecule has 3 unspecified atom stereocenters. The predicted molar refractivity (Wildman–Crippen MR) is 130 cm³/mol. The average molecular weight is 536 g/mol. The Hall–Kier alpha value is -1.97. The summed E-state index contributed by atoms with van der Waals surface area (Å²) in [4.78, 5) is 42.0. The first-order chi connectivity index (χ1) is 16.4. The molecule has 0 saturated carbocycles. The first-order valence-corrected chi connectivity index (χ1v) is 13.1. The van der Waals surface area contributed by atoms with Gasteiger partial charge in [-0.2, -0.15) is 0 Å². The van der Waals surface area contributed by atoms with Crippen LogP contribution in [0.3, 0.4) is 0 Å². The number of amides is 3. The van der Waals surface area contributed by atoms with Crippen molar-refractivity contribution in [3.05, 3.63) is 35.9 Å². The minimum Gasteiger partial charge on any atom is -0.394 e. The molecule has 3 aliphatic rings. The fourth-order valence-electron chi connectivity index (χ4n) is 5.86. The number of nitrogens with zero attached hydrogens (tertiary/aromatic N) is 1. The van der Waals surface area contributed by atoms with E-state index in [1.807, 2.05) is 44.2 Å². The lowest BCUT2D eigenvalue weighted by atomic mass is 9.70. The van der Waals surface area contributed by atoms with Gasteiger partial charge in [-0.15, -0.1) is 0 Å². The number of hydrogen-bond donors (Lipinski definition) is 3. The minimum absolute atomic E-state index is 0.149. The van der Waals surface area contributed by atoms with Gasteiger partial charge in [-0.05, 0) is 24.8 Å². The monoisotopic (exact) mass is 535 g/mol. The van der Waals surface area contributed by atoms with Crippen molar-refractivity contribution in [1.82, 2.24) is 15.5 Å². The first kappa shape index (κ1) is 25.1. The molecule has 3 amide bonds. The lowest BCUT2D eigenvalue weighted by Gasteiger charge is -2.36. The van der Waals surface area contributed by atoms with Gasteiger partial charge in [-0.1, -0.05) is 66.5 Å². The zero-order valence-corrected chi connectivity index (χ0v) is 21.3. The van der Waals surface area contributed by atoms with Crippen molar-refractivity contribution in [2.45, 2.75) is 74.7 Å². The summed E-state index contributed by atoms with van der Waals surface area (Å²) < 4.78 is 6.45. The smallest absolute Gasteiger partial charge is 0.245 e. The highest BCUT2D eigenvalue weighted by atomic mass is 79.9. The van der Waals surface area contributed by atoms with Gasteiger partial charge in [0.15, 0.2) is 0 Å². The van der Waals surface area contributed by atoms with Crippen molar-refractivity contribution in [3.63, 3.8) is 0 Å². The maximum Gasteiger partial charge on any atom is 0.245 e. The Kier molecular flexibility index (Phi) is 7.64. The molecule has 3 N–H and O–H groups in total. The molecule has 9 heteroatoms. The lowest BCUT2D eigenvalue weighted by molar-refractivity contribution is -0.145. The summed E-state index contributed by atoms with van der Waals surface area (Å²) in [5, 5.41) is 16.0. The van der Waals surface area contributed by atoms with Crippen molar-refractivity contribution in [2.75, 3.05) is 13.2 Å². The molecule has 186 valence electrons. The number of rotatable bonds is 10. The second-order valence-corrected chi connectivity index (χ2v) is 10.7. The van der Waals surface area contributed by atoms with Crippen LogP contribution in [0.15, 0.2) is 30.3 Å². The van der Waals surface area contributed by atoms with E-state index in [-0.39, 0.29) is 29.2 Å². The number of benzene rings is 1. The van der Waals surface area contributed by atoms with Crippen molar-refractivity contribution >= 4 is 33.7 Å². The van der Waals surface area contributed by atoms with Gasteiger partial charge in [0.05, 0.1) is 30.6 Å². The van der Waals surface area contributed by atoms with Gasteiger partial charge < -0.3 is 25.4 Å². The van der Waals surface area contributed by atoms with E-state index in [2.05, 4.69) is 26.6 Å². The fraction of sp³-hybridized carbons (Fsp3) is 0.640. The van der Waals surface area contributed by atoms with E-state index in [0.29, 0.717) is 25.9 Å². The summed E-state index contributed by atoms with van der Waals surface area (Å²) in [7, 11) is 0. The highest BCUT2D eigenvalue weighted by Gasteiger charge is 2.76. The van der Waals surface area contributed by atoms with Crippen LogP contribution in [0.2, 0.25) is 0 Å². The predicted octanol–water partition coefficient (Wildman–Crippen LogP) is 1.74. The van der Waals surface area contributed by atoms with Crippen LogP contribution in [0, 0.1) is 11.8 Å². The Morgan fingerprint density at radius 3 is 2.62 bits per heavy atom. The number of halogens is 1. The summed E-state index contributed by atoms with van der Waals surface area (Å²) >= 11 is 3.67. The van der Waals surface area contributed by atoms with Crippen LogP contribution in [0.25, 0.3) is 0 Å². The molecule has 2 bridgehead atoms. The molecule has 8 nitrogen and oxygen atoms in total. The molecule has 3 aliphatic heterocycles. The Bertz CT molecular complexity index is 911. The largest absolute Gasteiger partial charge is 0.394 e. The van der Waals surface area contributed by atoms with E-state index in [1.54, 1.807) is 0 Å². The Balaban J connectivity index is 1.64. The van der Waals surface area contributed by atoms with E-state index in [4.69, 9.17) is 4.74 Å². The van der Waals surface area contributed by atoms with Crippen LogP contribution >= 0.6 is 15.9 Å². The Morgan fingerprint density at radius 1 is 1.24 bits per heavy atom. The Labute approximate surface area is 208 Å². The Morgan fingerprint density at radius 2 is 1.97 bits per heavy atom. The standard InChI is InChI=1S/C25H34BrN3O5/c1-3-5-11-27-23(32)21-25-12-17(26)20(34-25)18(19(25)24(33)29(21)16(4-2)14-30)22(31)28-13-15-9-7-6-8-10-15/h6-10,16-21,30H,3-5,11-14H2,1-2H3,(H,27,32)(H,28,31)/t16-,17?,18-,19-,20-,21?,25?/m0/s1. The van der Waals surface area contributed by atoms with E-state index < -0.39 is 35.6 Å². The van der Waals surface area contributed by atoms with Gasteiger partial charge in [0.25, 0.3) is 0 Å². The molecule has 7 atom stereocenters. The van der Waals surface area contributed by atoms with Crippen molar-refractivity contribution in [1.29, 1.82) is 0 Å². The molecular formula is C25H34BrN3O5. The van der Waals surface area contributed by atoms with Gasteiger partial charge in [0.2, 0.25) is 17.7 Å². The number of ether oxygens (including phenoxy) is 1. The second-order valence-electron chi connectivity index (χ2n) is 9.50. The molecule has 4 rings (SSSR count). The molecule has 1 spiro atoms. The molecular weight excluding hydrogens is 502 g/mol. The summed E-state index contributed by atoms with van der Waals surface area (Å²) in [6, 6.07) is 8.19. The fourth-order valence-corrected chi connectivity index (χ4v) is 6.80. The van der Waals surface area contributed by atoms with Crippen molar-refractivity contribution in [3.8, 4) is 0 Å². The number of unbranched alkanes of at least 4 members (excludes halogenated alkanes) is 1. The average Bonchev–Trinajstić information content (AvgIpc) is 3.43. The number of carbonyl (C=O) groups is 3. The lowest BCUT2D eigenvalue weighted by Crippen LogP contribution is -2.58. The summed E-state index contributed by atoms with van der Waals surface area (Å²) in [5.41, 5.74) is -0.132. The molecule has 1 aromatic rings. The number of likely N-dealkylation sites (tertiary alicyclic amines) is 1. The SMILES string of the molecule is CCCCNC(=O)C1N([C@@H](CC)CO)C(=O)[C@@H]2[C@H](C(=O)NCc3ccccc3)[C@H]3OC12CC3Br. The number of nitrogens with one attached hydrogen (secondary N) is 2. The van der Waals surface area contributed by atoms with Crippen LogP contribution in [0.4, 0.5) is 0 Å². The number of carbonyl (C=O) groups excluding carboxylic acids is 3. The third-order valence-corrected chi connectivity index (χ3v) is 8.34.